The standard InChI is InChI=1S/C17H18N2O6/c1-9-13(15(20)21)17(3,14(16(22)23)10(2)18(9)4)11-5-7-12(8-6-11)19(24)25/h5-8H,1-4H3,(H,20,21)(H,22,23). The molecule has 8 heteroatoms. The molecule has 0 unspecified atom stereocenters. The zero-order chi connectivity index (χ0) is 19.1. The molecule has 25 heavy (non-hydrogen) atoms. The Bertz CT molecular complexity index is 797. The number of nitro benzene ring substituents is 1. The number of allylic oxidation sites excluding steroid dienone is 2. The van der Waals surface area contributed by atoms with Gasteiger partial charge in [0.1, 0.15) is 0 Å². The number of non-ortho nitro benzene ring substituents is 1. The van der Waals surface area contributed by atoms with Crippen molar-refractivity contribution in [3.63, 3.8) is 0 Å². The van der Waals surface area contributed by atoms with Crippen LogP contribution in [0.3, 0.4) is 0 Å². The Balaban J connectivity index is 2.84. The summed E-state index contributed by atoms with van der Waals surface area (Å²) in [4.78, 5) is 35.7. The molecule has 0 aliphatic carbocycles. The minimum Gasteiger partial charge on any atom is -0.478 e. The van der Waals surface area contributed by atoms with Crippen molar-refractivity contribution in [3.8, 4) is 0 Å². The second kappa shape index (κ2) is 6.04. The van der Waals surface area contributed by atoms with Crippen molar-refractivity contribution in [1.29, 1.82) is 0 Å². The van der Waals surface area contributed by atoms with Crippen LogP contribution in [0.4, 0.5) is 5.69 Å². The number of carboxylic acid groups (broad SMARTS) is 2. The molecule has 0 bridgehead atoms. The molecule has 1 aromatic rings. The SMILES string of the molecule is CC1=C(C(=O)O)C(C)(c2ccc([N+](=O)[O-])cc2)C(C(=O)O)=C(C)N1C. The molecule has 0 aromatic heterocycles. The fourth-order valence-electron chi connectivity index (χ4n) is 3.38. The number of hydrogen-bond acceptors (Lipinski definition) is 5. The number of benzene rings is 1. The van der Waals surface area contributed by atoms with E-state index in [0.29, 0.717) is 17.0 Å². The predicted molar refractivity (Wildman–Crippen MR) is 88.9 cm³/mol. The summed E-state index contributed by atoms with van der Waals surface area (Å²) in [5, 5.41) is 30.3. The molecule has 1 aliphatic heterocycles. The highest BCUT2D eigenvalue weighted by atomic mass is 16.6. The number of nitrogens with zero attached hydrogens (tertiary/aromatic N) is 2. The van der Waals surface area contributed by atoms with Crippen LogP contribution in [-0.2, 0) is 15.0 Å². The van der Waals surface area contributed by atoms with Gasteiger partial charge in [-0.3, -0.25) is 10.1 Å². The van der Waals surface area contributed by atoms with Crippen LogP contribution >= 0.6 is 0 Å². The largest absolute Gasteiger partial charge is 0.478 e. The van der Waals surface area contributed by atoms with Gasteiger partial charge < -0.3 is 15.1 Å². The van der Waals surface area contributed by atoms with Gasteiger partial charge in [-0.25, -0.2) is 9.59 Å². The Morgan fingerprint density at radius 3 is 1.76 bits per heavy atom. The van der Waals surface area contributed by atoms with Crippen LogP contribution < -0.4 is 0 Å². The maximum absolute atomic E-state index is 11.9. The third-order valence-electron chi connectivity index (χ3n) is 4.81. The predicted octanol–water partition coefficient (Wildman–Crippen LogP) is 2.52. The van der Waals surface area contributed by atoms with E-state index in [0.717, 1.165) is 0 Å². The van der Waals surface area contributed by atoms with Crippen molar-refractivity contribution in [3.05, 3.63) is 62.5 Å². The molecule has 0 radical (unpaired) electrons. The lowest BCUT2D eigenvalue weighted by Gasteiger charge is -2.41. The molecule has 1 aromatic carbocycles. The fraction of sp³-hybridized carbons (Fsp3) is 0.294. The first kappa shape index (κ1) is 18.2. The van der Waals surface area contributed by atoms with Crippen molar-refractivity contribution in [2.24, 2.45) is 0 Å². The molecular formula is C17H18N2O6. The normalized spacial score (nSPS) is 16.9. The van der Waals surface area contributed by atoms with Crippen LogP contribution in [-0.4, -0.2) is 39.0 Å². The van der Waals surface area contributed by atoms with E-state index in [2.05, 4.69) is 0 Å². The summed E-state index contributed by atoms with van der Waals surface area (Å²) in [5.74, 6) is -2.48. The van der Waals surface area contributed by atoms with Crippen LogP contribution in [0.1, 0.15) is 26.3 Å². The summed E-state index contributed by atoms with van der Waals surface area (Å²) in [6, 6.07) is 5.27. The average molecular weight is 346 g/mol. The van der Waals surface area contributed by atoms with Crippen molar-refractivity contribution in [2.75, 3.05) is 7.05 Å². The van der Waals surface area contributed by atoms with Gasteiger partial charge in [0.2, 0.25) is 0 Å². The van der Waals surface area contributed by atoms with E-state index >= 15 is 0 Å². The van der Waals surface area contributed by atoms with Crippen LogP contribution in [0, 0.1) is 10.1 Å². The Morgan fingerprint density at radius 2 is 1.44 bits per heavy atom. The number of carboxylic acids is 2. The first-order valence-corrected chi connectivity index (χ1v) is 7.41. The molecule has 0 atom stereocenters. The molecule has 132 valence electrons. The maximum atomic E-state index is 11.9. The van der Waals surface area contributed by atoms with Gasteiger partial charge >= 0.3 is 11.9 Å². The van der Waals surface area contributed by atoms with Gasteiger partial charge in [0, 0.05) is 30.6 Å². The molecule has 0 saturated carbocycles. The van der Waals surface area contributed by atoms with E-state index in [1.807, 2.05) is 0 Å². The Kier molecular flexibility index (Phi) is 4.40. The molecule has 1 aliphatic rings. The second-order valence-electron chi connectivity index (χ2n) is 6.02. The Labute approximate surface area is 143 Å². The molecule has 0 saturated heterocycles. The molecule has 2 rings (SSSR count). The highest BCUT2D eigenvalue weighted by Crippen LogP contribution is 2.46. The Hall–Kier alpha value is -3.16. The zero-order valence-corrected chi connectivity index (χ0v) is 14.2. The molecule has 0 fully saturated rings. The van der Waals surface area contributed by atoms with Crippen molar-refractivity contribution in [2.45, 2.75) is 26.2 Å². The number of rotatable bonds is 4. The minimum absolute atomic E-state index is 0.0770. The van der Waals surface area contributed by atoms with E-state index < -0.39 is 22.3 Å². The lowest BCUT2D eigenvalue weighted by molar-refractivity contribution is -0.384. The highest BCUT2D eigenvalue weighted by molar-refractivity contribution is 6.00. The third-order valence-corrected chi connectivity index (χ3v) is 4.81. The minimum atomic E-state index is -1.45. The van der Waals surface area contributed by atoms with Crippen LogP contribution in [0.2, 0.25) is 0 Å². The Morgan fingerprint density at radius 1 is 1.04 bits per heavy atom. The van der Waals surface area contributed by atoms with Crippen LogP contribution in [0.25, 0.3) is 0 Å². The molecule has 0 amide bonds. The van der Waals surface area contributed by atoms with Gasteiger partial charge in [0.05, 0.1) is 21.5 Å². The van der Waals surface area contributed by atoms with Gasteiger partial charge in [-0.15, -0.1) is 0 Å². The van der Waals surface area contributed by atoms with E-state index in [1.165, 1.54) is 36.1 Å². The van der Waals surface area contributed by atoms with E-state index in [-0.39, 0.29) is 16.8 Å². The smallest absolute Gasteiger partial charge is 0.334 e. The summed E-state index contributed by atoms with van der Waals surface area (Å²) in [7, 11) is 1.60. The summed E-state index contributed by atoms with van der Waals surface area (Å²) >= 11 is 0. The lowest BCUT2D eigenvalue weighted by Crippen LogP contribution is -2.43. The van der Waals surface area contributed by atoms with Gasteiger partial charge in [-0.1, -0.05) is 12.1 Å². The summed E-state index contributed by atoms with van der Waals surface area (Å²) < 4.78 is 0. The monoisotopic (exact) mass is 346 g/mol. The molecular weight excluding hydrogens is 328 g/mol. The van der Waals surface area contributed by atoms with E-state index in [1.54, 1.807) is 20.9 Å². The van der Waals surface area contributed by atoms with Crippen molar-refractivity contribution in [1.82, 2.24) is 4.90 Å². The molecule has 2 N–H and O–H groups in total. The molecule has 8 nitrogen and oxygen atoms in total. The van der Waals surface area contributed by atoms with Gasteiger partial charge in [0.25, 0.3) is 5.69 Å². The third kappa shape index (κ3) is 2.65. The summed E-state index contributed by atoms with van der Waals surface area (Å²) in [6.07, 6.45) is 0. The van der Waals surface area contributed by atoms with Crippen LogP contribution in [0.15, 0.2) is 46.8 Å². The van der Waals surface area contributed by atoms with Gasteiger partial charge in [-0.05, 0) is 26.3 Å². The molecule has 0 spiro atoms. The number of hydrogen-bond donors (Lipinski definition) is 2. The first-order chi connectivity index (χ1) is 11.5. The van der Waals surface area contributed by atoms with E-state index in [9.17, 15) is 29.9 Å². The summed E-state index contributed by atoms with van der Waals surface area (Å²) in [5.41, 5.74) is -0.575. The topological polar surface area (TPSA) is 121 Å². The lowest BCUT2D eigenvalue weighted by atomic mass is 9.67. The van der Waals surface area contributed by atoms with Gasteiger partial charge in [-0.2, -0.15) is 0 Å². The second-order valence-corrected chi connectivity index (χ2v) is 6.02. The van der Waals surface area contributed by atoms with Gasteiger partial charge in [0.15, 0.2) is 0 Å². The van der Waals surface area contributed by atoms with E-state index in [4.69, 9.17) is 0 Å². The average Bonchev–Trinajstić information content (AvgIpc) is 2.52. The first-order valence-electron chi connectivity index (χ1n) is 7.41. The zero-order valence-electron chi connectivity index (χ0n) is 14.2. The fourth-order valence-corrected chi connectivity index (χ4v) is 3.38. The number of aliphatic carboxylic acids is 2. The number of nitro groups is 1. The van der Waals surface area contributed by atoms with Crippen molar-refractivity contribution < 1.29 is 24.7 Å². The van der Waals surface area contributed by atoms with Crippen LogP contribution in [0.5, 0.6) is 0 Å². The summed E-state index contributed by atoms with van der Waals surface area (Å²) in [6.45, 7) is 4.73. The quantitative estimate of drug-likeness (QED) is 0.634. The van der Waals surface area contributed by atoms with Crippen molar-refractivity contribution >= 4 is 17.6 Å². The number of carbonyl (C=O) groups is 2. The molecule has 1 heterocycles. The maximum Gasteiger partial charge on any atom is 0.334 e. The highest BCUT2D eigenvalue weighted by Gasteiger charge is 2.48.